The van der Waals surface area contributed by atoms with Crippen LogP contribution < -0.4 is 0 Å². The fourth-order valence-electron chi connectivity index (χ4n) is 2.09. The second-order valence-electron chi connectivity index (χ2n) is 5.27. The first kappa shape index (κ1) is 18.4. The van der Waals surface area contributed by atoms with E-state index in [-0.39, 0.29) is 0 Å². The Morgan fingerprint density at radius 2 is 1.25 bits per heavy atom. The summed E-state index contributed by atoms with van der Waals surface area (Å²) in [5, 5.41) is 4.21. The van der Waals surface area contributed by atoms with E-state index in [1.165, 1.54) is 20.9 Å². The van der Waals surface area contributed by atoms with Gasteiger partial charge >= 0.3 is 0 Å². The normalized spacial score (nSPS) is 13.8. The van der Waals surface area contributed by atoms with Gasteiger partial charge in [-0.25, -0.2) is 0 Å². The van der Waals surface area contributed by atoms with Crippen LogP contribution in [0.3, 0.4) is 0 Å². The van der Waals surface area contributed by atoms with Crippen LogP contribution in [0.1, 0.15) is 36.4 Å². The Kier molecular flexibility index (Phi) is 8.29. The third-order valence-electron chi connectivity index (χ3n) is 3.56. The molecule has 2 heterocycles. The molecule has 0 amide bonds. The zero-order valence-electron chi connectivity index (χ0n) is 14.3. The smallest absolute Gasteiger partial charge is 0.0270 e. The summed E-state index contributed by atoms with van der Waals surface area (Å²) in [4.78, 5) is 2.59. The van der Waals surface area contributed by atoms with Crippen LogP contribution in [0.25, 0.3) is 12.2 Å². The molecule has 2 aromatic heterocycles. The molecule has 0 atom stereocenters. The topological polar surface area (TPSA) is 0 Å². The molecule has 0 aliphatic heterocycles. The van der Waals surface area contributed by atoms with Gasteiger partial charge in [-0.2, -0.15) is 0 Å². The fourth-order valence-corrected chi connectivity index (χ4v) is 3.33. The first-order chi connectivity index (χ1) is 11.8. The Labute approximate surface area is 153 Å². The molecule has 0 nitrogen and oxygen atoms in total. The van der Waals surface area contributed by atoms with Crippen molar-refractivity contribution in [3.8, 4) is 0 Å². The number of rotatable bonds is 8. The molecule has 2 heteroatoms. The van der Waals surface area contributed by atoms with E-state index < -0.39 is 0 Å². The largest absolute Gasteiger partial charge is 0.144 e. The van der Waals surface area contributed by atoms with Crippen LogP contribution in [0.15, 0.2) is 82.6 Å². The van der Waals surface area contributed by atoms with E-state index in [1.54, 1.807) is 22.7 Å². The molecule has 0 saturated carbocycles. The summed E-state index contributed by atoms with van der Waals surface area (Å²) in [5.74, 6) is 0. The second kappa shape index (κ2) is 10.8. The predicted molar refractivity (Wildman–Crippen MR) is 113 cm³/mol. The lowest BCUT2D eigenvalue weighted by molar-refractivity contribution is 1.15. The van der Waals surface area contributed by atoms with E-state index >= 15 is 0 Å². The number of hydrogen-bond acceptors (Lipinski definition) is 2. The molecule has 124 valence electrons. The molecule has 0 spiro atoms. The molecule has 0 fully saturated rings. The van der Waals surface area contributed by atoms with Crippen LogP contribution in [0, 0.1) is 0 Å². The maximum atomic E-state index is 2.21. The Morgan fingerprint density at radius 3 is 1.58 bits per heavy atom. The van der Waals surface area contributed by atoms with E-state index in [4.69, 9.17) is 0 Å². The highest BCUT2D eigenvalue weighted by Gasteiger charge is 1.90. The maximum Gasteiger partial charge on any atom is 0.0270 e. The van der Waals surface area contributed by atoms with Crippen LogP contribution >= 0.6 is 22.7 Å². The SMILES string of the molecule is CCC(/C=C/c1cccs1)=C\C=C\C=C(\C=C\c1cccs1)CC. The lowest BCUT2D eigenvalue weighted by atomic mass is 10.1. The van der Waals surface area contributed by atoms with Gasteiger partial charge in [-0.1, -0.05) is 62.4 Å². The Morgan fingerprint density at radius 1 is 0.792 bits per heavy atom. The van der Waals surface area contributed by atoms with E-state index in [1.807, 2.05) is 0 Å². The van der Waals surface area contributed by atoms with Gasteiger partial charge in [0.2, 0.25) is 0 Å². The molecule has 0 aliphatic carbocycles. The second-order valence-corrected chi connectivity index (χ2v) is 7.23. The third kappa shape index (κ3) is 6.69. The first-order valence-corrected chi connectivity index (χ1v) is 10.1. The van der Waals surface area contributed by atoms with Gasteiger partial charge in [-0.15, -0.1) is 22.7 Å². The van der Waals surface area contributed by atoms with Crippen molar-refractivity contribution in [2.75, 3.05) is 0 Å². The van der Waals surface area contributed by atoms with Gasteiger partial charge in [-0.05, 0) is 59.0 Å². The first-order valence-electron chi connectivity index (χ1n) is 8.31. The van der Waals surface area contributed by atoms with E-state index in [9.17, 15) is 0 Å². The van der Waals surface area contributed by atoms with Gasteiger partial charge in [0.25, 0.3) is 0 Å². The van der Waals surface area contributed by atoms with Gasteiger partial charge in [0, 0.05) is 9.75 Å². The van der Waals surface area contributed by atoms with Crippen LogP contribution in [0.5, 0.6) is 0 Å². The summed E-state index contributed by atoms with van der Waals surface area (Å²) in [6.45, 7) is 4.38. The summed E-state index contributed by atoms with van der Waals surface area (Å²) in [5.41, 5.74) is 2.67. The highest BCUT2D eigenvalue weighted by Crippen LogP contribution is 2.14. The Balaban J connectivity index is 1.96. The monoisotopic (exact) mass is 352 g/mol. The van der Waals surface area contributed by atoms with Crippen molar-refractivity contribution in [2.24, 2.45) is 0 Å². The zero-order valence-corrected chi connectivity index (χ0v) is 15.9. The van der Waals surface area contributed by atoms with Crippen LogP contribution in [-0.4, -0.2) is 0 Å². The molecule has 0 aromatic carbocycles. The fraction of sp³-hybridized carbons (Fsp3) is 0.182. The molecule has 24 heavy (non-hydrogen) atoms. The van der Waals surface area contributed by atoms with E-state index in [0.717, 1.165) is 12.8 Å². The van der Waals surface area contributed by atoms with Crippen LogP contribution in [0.2, 0.25) is 0 Å². The van der Waals surface area contributed by atoms with Crippen molar-refractivity contribution in [3.05, 3.63) is 92.4 Å². The molecular weight excluding hydrogens is 328 g/mol. The van der Waals surface area contributed by atoms with Gasteiger partial charge < -0.3 is 0 Å². The van der Waals surface area contributed by atoms with E-state index in [0.29, 0.717) is 0 Å². The highest BCUT2D eigenvalue weighted by molar-refractivity contribution is 7.11. The quantitative estimate of drug-likeness (QED) is 0.426. The van der Waals surface area contributed by atoms with Crippen LogP contribution in [-0.2, 0) is 0 Å². The molecule has 0 aliphatic rings. The molecule has 0 radical (unpaired) electrons. The predicted octanol–water partition coefficient (Wildman–Crippen LogP) is 7.77. The summed E-state index contributed by atoms with van der Waals surface area (Å²) in [6.07, 6.45) is 19.5. The Hall–Kier alpha value is -1.90. The minimum atomic E-state index is 1.04. The number of allylic oxidation sites excluding steroid dienone is 8. The summed E-state index contributed by atoms with van der Waals surface area (Å²) >= 11 is 3.53. The lowest BCUT2D eigenvalue weighted by Gasteiger charge is -1.95. The molecular formula is C22H24S2. The van der Waals surface area contributed by atoms with Crippen molar-refractivity contribution in [3.63, 3.8) is 0 Å². The van der Waals surface area contributed by atoms with Gasteiger partial charge in [0.05, 0.1) is 0 Å². The van der Waals surface area contributed by atoms with Gasteiger partial charge in [0.1, 0.15) is 0 Å². The minimum absolute atomic E-state index is 1.04. The maximum absolute atomic E-state index is 2.21. The van der Waals surface area contributed by atoms with Crippen molar-refractivity contribution in [1.82, 2.24) is 0 Å². The average molecular weight is 353 g/mol. The summed E-state index contributed by atoms with van der Waals surface area (Å²) in [6, 6.07) is 8.45. The molecule has 0 bridgehead atoms. The molecule has 2 rings (SSSR count). The molecule has 2 aromatic rings. The van der Waals surface area contributed by atoms with Crippen molar-refractivity contribution >= 4 is 34.8 Å². The van der Waals surface area contributed by atoms with Crippen molar-refractivity contribution < 1.29 is 0 Å². The van der Waals surface area contributed by atoms with Gasteiger partial charge in [-0.3, -0.25) is 0 Å². The average Bonchev–Trinajstić information content (AvgIpc) is 3.30. The molecule has 0 unspecified atom stereocenters. The molecule has 0 saturated heterocycles. The Bertz CT molecular complexity index is 657. The van der Waals surface area contributed by atoms with Gasteiger partial charge in [0.15, 0.2) is 0 Å². The van der Waals surface area contributed by atoms with Crippen molar-refractivity contribution in [1.29, 1.82) is 0 Å². The summed E-state index contributed by atoms with van der Waals surface area (Å²) < 4.78 is 0. The number of thiophene rings is 2. The summed E-state index contributed by atoms with van der Waals surface area (Å²) in [7, 11) is 0. The minimum Gasteiger partial charge on any atom is -0.144 e. The molecule has 0 N–H and O–H groups in total. The standard InChI is InChI=1S/C22H24S2/c1-3-19(13-15-21-11-7-17-23-21)9-5-6-10-20(4-2)14-16-22-12-8-18-24-22/h5-18H,3-4H2,1-2H3/b6-5+,15-13+,16-14+,19-9+,20-10+. The number of hydrogen-bond donors (Lipinski definition) is 0. The van der Waals surface area contributed by atoms with E-state index in [2.05, 4.69) is 97.5 Å². The highest BCUT2D eigenvalue weighted by atomic mass is 32.1. The third-order valence-corrected chi connectivity index (χ3v) is 5.23. The van der Waals surface area contributed by atoms with Crippen LogP contribution in [0.4, 0.5) is 0 Å². The lowest BCUT2D eigenvalue weighted by Crippen LogP contribution is -1.74. The van der Waals surface area contributed by atoms with Crippen molar-refractivity contribution in [2.45, 2.75) is 26.7 Å². The zero-order chi connectivity index (χ0) is 17.0.